The molecule has 0 aliphatic heterocycles. The van der Waals surface area contributed by atoms with Gasteiger partial charge >= 0.3 is 0 Å². The number of pyridine rings is 2. The van der Waals surface area contributed by atoms with Crippen LogP contribution in [0.15, 0.2) is 109 Å². The van der Waals surface area contributed by atoms with Gasteiger partial charge in [-0.3, -0.25) is 0 Å². The smallest absolute Gasteiger partial charge is 0.0799 e. The van der Waals surface area contributed by atoms with Crippen LogP contribution in [-0.4, -0.2) is 25.2 Å². The van der Waals surface area contributed by atoms with Gasteiger partial charge in [0.05, 0.1) is 15.2 Å². The molecule has 0 aliphatic rings. The topological polar surface area (TPSA) is 35.0 Å². The molecule has 0 saturated carbocycles. The number of rotatable bonds is 9. The first kappa shape index (κ1) is 39.3. The molecule has 7 aromatic rings. The Morgan fingerprint density at radius 2 is 1.56 bits per heavy atom. The fraction of sp³-hybridized carbons (Fsp3) is 0.261. The van der Waals surface area contributed by atoms with E-state index in [0.717, 1.165) is 46.5 Å². The zero-order valence-corrected chi connectivity index (χ0v) is 35.7. The van der Waals surface area contributed by atoms with E-state index in [1.165, 1.54) is 42.2 Å². The van der Waals surface area contributed by atoms with E-state index < -0.39 is 8.07 Å². The molecule has 0 spiro atoms. The summed E-state index contributed by atoms with van der Waals surface area (Å²) < 4.78 is 8.23. The number of hydrogen-bond acceptors (Lipinski definition) is 4. The number of ether oxygens (including phenoxy) is 1. The molecule has 52 heavy (non-hydrogen) atoms. The fourth-order valence-electron chi connectivity index (χ4n) is 6.88. The molecule has 0 unspecified atom stereocenters. The third kappa shape index (κ3) is 8.32. The van der Waals surface area contributed by atoms with Crippen molar-refractivity contribution in [1.29, 1.82) is 0 Å². The average Bonchev–Trinajstić information content (AvgIpc) is 3.56. The van der Waals surface area contributed by atoms with Crippen molar-refractivity contribution >= 4 is 44.8 Å². The predicted molar refractivity (Wildman–Crippen MR) is 222 cm³/mol. The van der Waals surface area contributed by atoms with Gasteiger partial charge in [0.25, 0.3) is 0 Å². The number of fused-ring (bicyclic) bond motifs is 3. The summed E-state index contributed by atoms with van der Waals surface area (Å²) in [5, 5.41) is 3.84. The van der Waals surface area contributed by atoms with Crippen molar-refractivity contribution in [3.8, 4) is 39.4 Å². The molecule has 0 aliphatic carbocycles. The Morgan fingerprint density at radius 1 is 0.808 bits per heavy atom. The molecule has 0 N–H and O–H groups in total. The second-order valence-corrected chi connectivity index (χ2v) is 20.5. The summed E-state index contributed by atoms with van der Waals surface area (Å²) in [4.78, 5) is 9.41. The molecular weight excluding hydrogens is 849 g/mol. The zero-order chi connectivity index (χ0) is 36.1. The molecule has 4 aromatic carbocycles. The van der Waals surface area contributed by atoms with Crippen molar-refractivity contribution in [2.45, 2.75) is 72.0 Å². The van der Waals surface area contributed by atoms with Crippen molar-refractivity contribution in [3.63, 3.8) is 0 Å². The molecule has 0 amide bonds. The van der Waals surface area contributed by atoms with Gasteiger partial charge < -0.3 is 14.7 Å². The van der Waals surface area contributed by atoms with E-state index in [1.54, 1.807) is 7.11 Å². The quantitative estimate of drug-likeness (QED) is 0.107. The summed E-state index contributed by atoms with van der Waals surface area (Å²) in [5.74, 6) is 1.95. The number of aromatic nitrogens is 2. The van der Waals surface area contributed by atoms with E-state index in [4.69, 9.17) is 9.72 Å². The second kappa shape index (κ2) is 17.3. The number of thiophene rings is 1. The van der Waals surface area contributed by atoms with Crippen LogP contribution in [0.3, 0.4) is 0 Å². The van der Waals surface area contributed by atoms with Gasteiger partial charge in [-0.05, 0) is 73.9 Å². The minimum atomic E-state index is -1.34. The third-order valence-electron chi connectivity index (χ3n) is 9.69. The molecule has 3 heterocycles. The summed E-state index contributed by atoms with van der Waals surface area (Å²) >= 11 is 1.81. The van der Waals surface area contributed by atoms with Crippen molar-refractivity contribution < 1.29 is 24.8 Å². The predicted octanol–water partition coefficient (Wildman–Crippen LogP) is 12.7. The molecule has 3 nitrogen and oxygen atoms in total. The Hall–Kier alpha value is -3.93. The number of methoxy groups -OCH3 is 1. The van der Waals surface area contributed by atoms with Crippen LogP contribution in [0.4, 0.5) is 0 Å². The molecule has 0 atom stereocenters. The number of benzene rings is 4. The van der Waals surface area contributed by atoms with Gasteiger partial charge in [0, 0.05) is 42.9 Å². The largest absolute Gasteiger partial charge is 0.539 e. The second-order valence-electron chi connectivity index (χ2n) is 14.4. The summed E-state index contributed by atoms with van der Waals surface area (Å²) in [6.45, 7) is 16.2. The van der Waals surface area contributed by atoms with Gasteiger partial charge in [-0.2, -0.15) is 11.3 Å². The molecule has 269 valence electrons. The Bertz CT molecular complexity index is 2240. The van der Waals surface area contributed by atoms with Gasteiger partial charge in [-0.15, -0.1) is 53.6 Å². The van der Waals surface area contributed by atoms with Crippen molar-refractivity contribution in [1.82, 2.24) is 9.97 Å². The van der Waals surface area contributed by atoms with E-state index >= 15 is 0 Å². The molecule has 7 rings (SSSR count). The van der Waals surface area contributed by atoms with Crippen LogP contribution in [0.5, 0.6) is 5.75 Å². The molecule has 6 heteroatoms. The third-order valence-corrected chi connectivity index (χ3v) is 13.0. The van der Waals surface area contributed by atoms with Crippen LogP contribution in [-0.2, 0) is 20.1 Å². The molecule has 0 fully saturated rings. The zero-order valence-electron chi connectivity index (χ0n) is 31.5. The number of hydrogen-bond donors (Lipinski definition) is 0. The number of nitrogens with zero attached hydrogens (tertiary/aromatic N) is 2. The van der Waals surface area contributed by atoms with E-state index in [0.29, 0.717) is 11.8 Å². The summed E-state index contributed by atoms with van der Waals surface area (Å²) in [5.41, 5.74) is 9.41. The van der Waals surface area contributed by atoms with E-state index in [2.05, 4.69) is 143 Å². The van der Waals surface area contributed by atoms with Gasteiger partial charge in [-0.1, -0.05) is 119 Å². The van der Waals surface area contributed by atoms with Crippen LogP contribution in [0.1, 0.15) is 63.5 Å². The summed E-state index contributed by atoms with van der Waals surface area (Å²) in [6.07, 6.45) is 6.30. The van der Waals surface area contributed by atoms with Crippen LogP contribution in [0.25, 0.3) is 53.8 Å². The SMILES string of the molecule is CC(C)c1cc(-c2[c-]cccc2)ncc1[Si](C)(C)C.CCC(CC)c1ccnc(-c2[c-]cc(OC)c3c2sc2c(-c4ccccc4)cccc23)c1.[Ir]. The minimum absolute atomic E-state index is 0. The van der Waals surface area contributed by atoms with Gasteiger partial charge in [0.1, 0.15) is 0 Å². The van der Waals surface area contributed by atoms with Crippen LogP contribution >= 0.6 is 11.3 Å². The van der Waals surface area contributed by atoms with E-state index in [1.807, 2.05) is 41.8 Å². The van der Waals surface area contributed by atoms with Gasteiger partial charge in [0.2, 0.25) is 0 Å². The standard InChI is InChI=1S/C29H26NOS.C17H22NSi.Ir/c1-4-19(5-2)21-16-17-30-25(18-21)23-14-15-26(31-3)27-24-13-9-12-22(28(24)32-29(23)27)20-10-7-6-8-11-20;1-13(2)15-11-16(14-9-7-6-8-10-14)18-12-17(15)19(3,4)5;/h6-13,15-19H,4-5H2,1-3H3;6-9,11-13H,1-5H3;/q2*-1;. The minimum Gasteiger partial charge on any atom is -0.539 e. The Labute approximate surface area is 328 Å². The van der Waals surface area contributed by atoms with Crippen molar-refractivity contribution in [2.75, 3.05) is 7.11 Å². The Kier molecular flexibility index (Phi) is 13.0. The Morgan fingerprint density at radius 3 is 2.21 bits per heavy atom. The summed E-state index contributed by atoms with van der Waals surface area (Å²) in [7, 11) is 0.398. The molecular formula is C46H48IrN2OSSi-2. The normalized spacial score (nSPS) is 11.4. The van der Waals surface area contributed by atoms with E-state index in [-0.39, 0.29) is 20.1 Å². The first-order valence-corrected chi connectivity index (χ1v) is 22.4. The van der Waals surface area contributed by atoms with Gasteiger partial charge in [-0.25, -0.2) is 0 Å². The van der Waals surface area contributed by atoms with E-state index in [9.17, 15) is 0 Å². The molecule has 1 radical (unpaired) electrons. The average molecular weight is 897 g/mol. The fourth-order valence-corrected chi connectivity index (χ4v) is 9.92. The molecule has 0 bridgehead atoms. The van der Waals surface area contributed by atoms with Crippen molar-refractivity contribution in [3.05, 3.63) is 133 Å². The maximum atomic E-state index is 5.78. The maximum absolute atomic E-state index is 5.78. The van der Waals surface area contributed by atoms with Gasteiger partial charge in [0.15, 0.2) is 0 Å². The van der Waals surface area contributed by atoms with Crippen LogP contribution < -0.4 is 9.92 Å². The first-order chi connectivity index (χ1) is 24.6. The molecule has 0 saturated heterocycles. The Balaban J connectivity index is 0.000000225. The monoisotopic (exact) mass is 897 g/mol. The van der Waals surface area contributed by atoms with Crippen LogP contribution in [0.2, 0.25) is 19.6 Å². The first-order valence-electron chi connectivity index (χ1n) is 18.1. The summed E-state index contributed by atoms with van der Waals surface area (Å²) in [6, 6.07) is 40.5. The van der Waals surface area contributed by atoms with Crippen LogP contribution in [0, 0.1) is 12.1 Å². The van der Waals surface area contributed by atoms with Crippen molar-refractivity contribution in [2.24, 2.45) is 0 Å². The molecule has 3 aromatic heterocycles. The maximum Gasteiger partial charge on any atom is 0.0799 e.